The van der Waals surface area contributed by atoms with Crippen LogP contribution < -0.4 is 16.0 Å². The molecule has 10 heteroatoms. The number of amides is 1. The lowest BCUT2D eigenvalue weighted by atomic mass is 9.69. The second kappa shape index (κ2) is 10.6. The van der Waals surface area contributed by atoms with Crippen LogP contribution in [0.25, 0.3) is 0 Å². The van der Waals surface area contributed by atoms with Gasteiger partial charge in [0.2, 0.25) is 12.3 Å². The van der Waals surface area contributed by atoms with E-state index in [0.717, 1.165) is 67.8 Å². The van der Waals surface area contributed by atoms with Gasteiger partial charge in [0.25, 0.3) is 0 Å². The molecule has 3 aliphatic heterocycles. The Labute approximate surface area is 223 Å². The number of rotatable bonds is 5. The summed E-state index contributed by atoms with van der Waals surface area (Å²) in [6.45, 7) is 7.02. The van der Waals surface area contributed by atoms with Crippen molar-refractivity contribution in [1.82, 2.24) is 20.0 Å². The lowest BCUT2D eigenvalue weighted by molar-refractivity contribution is -0.129. The molecule has 1 aromatic heterocycles. The first-order valence-corrected chi connectivity index (χ1v) is 13.7. The van der Waals surface area contributed by atoms with Gasteiger partial charge in [-0.25, -0.2) is 8.78 Å². The van der Waals surface area contributed by atoms with Crippen LogP contribution in [0.15, 0.2) is 39.7 Å². The van der Waals surface area contributed by atoms with Crippen molar-refractivity contribution in [2.75, 3.05) is 38.1 Å². The Morgan fingerprint density at radius 1 is 1.29 bits per heavy atom. The third kappa shape index (κ3) is 4.57. The molecule has 1 unspecified atom stereocenters. The summed E-state index contributed by atoms with van der Waals surface area (Å²) < 4.78 is 31.7. The largest absolute Gasteiger partial charge is 0.404 e. The first-order valence-electron chi connectivity index (χ1n) is 13.7. The number of hydrogen-bond acceptors (Lipinski definition) is 6. The van der Waals surface area contributed by atoms with Gasteiger partial charge < -0.3 is 20.9 Å². The number of aliphatic imine (C=N–C) groups is 1. The molecule has 8 nitrogen and oxygen atoms in total. The Hall–Kier alpha value is -3.01. The van der Waals surface area contributed by atoms with Crippen molar-refractivity contribution in [3.05, 3.63) is 45.9 Å². The van der Waals surface area contributed by atoms with Gasteiger partial charge in [-0.2, -0.15) is 5.10 Å². The van der Waals surface area contributed by atoms with Crippen LogP contribution in [0.4, 0.5) is 14.6 Å². The first kappa shape index (κ1) is 26.6. The molecule has 5 rings (SSSR count). The predicted octanol–water partition coefficient (Wildman–Crippen LogP) is 3.71. The Morgan fingerprint density at radius 2 is 2.05 bits per heavy atom. The third-order valence-electron chi connectivity index (χ3n) is 8.65. The van der Waals surface area contributed by atoms with Crippen molar-refractivity contribution in [3.8, 4) is 0 Å². The van der Waals surface area contributed by atoms with Crippen molar-refractivity contribution in [1.29, 1.82) is 0 Å². The van der Waals surface area contributed by atoms with E-state index in [1.807, 2.05) is 11.0 Å². The molecular weight excluding hydrogens is 488 g/mol. The highest BCUT2D eigenvalue weighted by Gasteiger charge is 2.46. The van der Waals surface area contributed by atoms with Crippen LogP contribution in [-0.2, 0) is 17.8 Å². The maximum Gasteiger partial charge on any atom is 0.248 e. The number of nitrogens with two attached hydrogens (primary N) is 1. The molecular formula is C28H39F2N7O. The normalized spacial score (nSPS) is 25.2. The van der Waals surface area contributed by atoms with E-state index in [1.54, 1.807) is 27.1 Å². The minimum Gasteiger partial charge on any atom is -0.404 e. The molecule has 206 valence electrons. The van der Waals surface area contributed by atoms with Crippen LogP contribution in [-0.4, -0.2) is 66.5 Å². The average molecular weight is 528 g/mol. The fraction of sp³-hybridized carbons (Fsp3) is 0.607. The van der Waals surface area contributed by atoms with Gasteiger partial charge in [-0.15, -0.1) is 0 Å². The fourth-order valence-electron chi connectivity index (χ4n) is 6.48. The van der Waals surface area contributed by atoms with Crippen LogP contribution in [0, 0.1) is 5.41 Å². The van der Waals surface area contributed by atoms with Gasteiger partial charge in [0, 0.05) is 74.8 Å². The van der Waals surface area contributed by atoms with E-state index in [0.29, 0.717) is 36.8 Å². The summed E-state index contributed by atoms with van der Waals surface area (Å²) in [5.74, 6) is 0.874. The molecule has 1 saturated heterocycles. The van der Waals surface area contributed by atoms with E-state index >= 15 is 0 Å². The Morgan fingerprint density at radius 3 is 2.71 bits per heavy atom. The summed E-state index contributed by atoms with van der Waals surface area (Å²) in [4.78, 5) is 20.4. The van der Waals surface area contributed by atoms with E-state index in [9.17, 15) is 13.6 Å². The number of carbonyl (C=O) groups is 1. The van der Waals surface area contributed by atoms with Gasteiger partial charge >= 0.3 is 0 Å². The van der Waals surface area contributed by atoms with E-state index in [4.69, 9.17) is 10.8 Å². The standard InChI is InChI=1S/C28H39F2N7O/c1-18(38)35-12-8-24-22(17-35)26(34-37(24)21-6-9-33-10-7-21)36-11-4-5-19-13-23(20(15-31)16-32-3)28(2,27(29)30)14-25(19)36/h13,15-16,21,27,33H,4-12,14,17,31H2,1-3H3. The number of anilines is 1. The predicted molar refractivity (Wildman–Crippen MR) is 145 cm³/mol. The minimum absolute atomic E-state index is 0.0453. The zero-order valence-electron chi connectivity index (χ0n) is 22.6. The van der Waals surface area contributed by atoms with Crippen molar-refractivity contribution >= 4 is 17.9 Å². The van der Waals surface area contributed by atoms with E-state index in [1.165, 1.54) is 11.9 Å². The molecule has 1 aliphatic carbocycles. The molecule has 0 spiro atoms. The summed E-state index contributed by atoms with van der Waals surface area (Å²) in [6, 6.07) is 0.302. The molecule has 4 heterocycles. The number of fused-ring (bicyclic) bond motifs is 1. The van der Waals surface area contributed by atoms with Gasteiger partial charge in [0.05, 0.1) is 18.0 Å². The molecule has 1 atom stereocenters. The number of halogens is 2. The molecule has 4 aliphatic rings. The van der Waals surface area contributed by atoms with Gasteiger partial charge in [-0.05, 0) is 56.8 Å². The number of carbonyl (C=O) groups excluding carboxylic acids is 1. The van der Waals surface area contributed by atoms with Crippen molar-refractivity contribution < 1.29 is 13.6 Å². The quantitative estimate of drug-likeness (QED) is 0.570. The zero-order chi connectivity index (χ0) is 27.0. The van der Waals surface area contributed by atoms with Gasteiger partial charge in [0.15, 0.2) is 5.82 Å². The summed E-state index contributed by atoms with van der Waals surface area (Å²) >= 11 is 0. The summed E-state index contributed by atoms with van der Waals surface area (Å²) in [7, 11) is 1.62. The number of alkyl halides is 2. The van der Waals surface area contributed by atoms with Gasteiger partial charge in [-0.3, -0.25) is 14.5 Å². The number of nitrogens with zero attached hydrogens (tertiary/aromatic N) is 5. The first-order chi connectivity index (χ1) is 18.3. The second-order valence-corrected chi connectivity index (χ2v) is 11.1. The number of nitrogens with one attached hydrogen (secondary N) is 1. The van der Waals surface area contributed by atoms with Crippen LogP contribution in [0.2, 0.25) is 0 Å². The highest BCUT2D eigenvalue weighted by atomic mass is 19.3. The Kier molecular flexibility index (Phi) is 7.44. The van der Waals surface area contributed by atoms with Crippen molar-refractivity contribution in [2.45, 2.75) is 71.4 Å². The molecule has 3 N–H and O–H groups in total. The number of aromatic nitrogens is 2. The van der Waals surface area contributed by atoms with E-state index in [2.05, 4.69) is 19.9 Å². The second-order valence-electron chi connectivity index (χ2n) is 11.1. The summed E-state index contributed by atoms with van der Waals surface area (Å²) in [5.41, 5.74) is 9.73. The van der Waals surface area contributed by atoms with Crippen LogP contribution in [0.1, 0.15) is 63.3 Å². The molecule has 1 amide bonds. The number of allylic oxidation sites excluding steroid dienone is 5. The Balaban J connectivity index is 1.62. The third-order valence-corrected chi connectivity index (χ3v) is 8.65. The monoisotopic (exact) mass is 527 g/mol. The summed E-state index contributed by atoms with van der Waals surface area (Å²) in [6.07, 6.45) is 6.91. The number of hydrogen-bond donors (Lipinski definition) is 2. The summed E-state index contributed by atoms with van der Waals surface area (Å²) in [5, 5.41) is 8.63. The SMILES string of the molecule is CN=CC(=CN)C1=CC2=C(CC1(C)C(F)F)N(c1nn(C3CCNCC3)c3c1CN(C(C)=O)CC3)CCC2. The maximum atomic E-state index is 14.8. The highest BCUT2D eigenvalue weighted by Crippen LogP contribution is 2.50. The molecule has 0 aromatic carbocycles. The lowest BCUT2D eigenvalue weighted by Gasteiger charge is -2.43. The minimum atomic E-state index is -2.58. The number of piperidine rings is 1. The van der Waals surface area contributed by atoms with Crippen molar-refractivity contribution in [2.24, 2.45) is 16.1 Å². The topological polar surface area (TPSA) is 91.8 Å². The molecule has 0 saturated carbocycles. The van der Waals surface area contributed by atoms with Crippen molar-refractivity contribution in [3.63, 3.8) is 0 Å². The highest BCUT2D eigenvalue weighted by molar-refractivity contribution is 5.86. The van der Waals surface area contributed by atoms with Gasteiger partial charge in [-0.1, -0.05) is 6.08 Å². The molecule has 0 radical (unpaired) electrons. The van der Waals surface area contributed by atoms with Crippen LogP contribution in [0.5, 0.6) is 0 Å². The zero-order valence-corrected chi connectivity index (χ0v) is 22.6. The molecule has 1 fully saturated rings. The molecule has 0 bridgehead atoms. The molecule has 38 heavy (non-hydrogen) atoms. The van der Waals surface area contributed by atoms with E-state index < -0.39 is 11.8 Å². The fourth-order valence-corrected chi connectivity index (χ4v) is 6.48. The smallest absolute Gasteiger partial charge is 0.248 e. The molecule has 1 aromatic rings. The van der Waals surface area contributed by atoms with Crippen LogP contribution >= 0.6 is 0 Å². The Bertz CT molecular complexity index is 1210. The van der Waals surface area contributed by atoms with E-state index in [-0.39, 0.29) is 12.3 Å². The lowest BCUT2D eigenvalue weighted by Crippen LogP contribution is -2.40. The maximum absolute atomic E-state index is 14.8. The van der Waals surface area contributed by atoms with Crippen LogP contribution in [0.3, 0.4) is 0 Å². The van der Waals surface area contributed by atoms with Gasteiger partial charge in [0.1, 0.15) is 0 Å². The average Bonchev–Trinajstić information content (AvgIpc) is 3.30.